The van der Waals surface area contributed by atoms with E-state index in [0.717, 1.165) is 32.5 Å². The Bertz CT molecular complexity index is 990. The zero-order valence-electron chi connectivity index (χ0n) is 18.7. The summed E-state index contributed by atoms with van der Waals surface area (Å²) < 4.78 is 5.37. The number of morpholine rings is 1. The summed E-state index contributed by atoms with van der Waals surface area (Å²) in [5.41, 5.74) is 4.83. The number of nitrogens with zero attached hydrogens (tertiary/aromatic N) is 3. The molecule has 2 saturated heterocycles. The number of ether oxygens (including phenoxy) is 1. The summed E-state index contributed by atoms with van der Waals surface area (Å²) >= 11 is 0. The van der Waals surface area contributed by atoms with Gasteiger partial charge in [-0.25, -0.2) is 4.98 Å². The second-order valence-electron chi connectivity index (χ2n) is 8.72. The SMILES string of the molecule is Cc1cc(C)cc(C2CCCN2C(=O)CCc2c(C)nc(N3CCOCC3)[nH]c2=O)c1. The monoisotopic (exact) mass is 424 g/mol. The predicted octanol–water partition coefficient (Wildman–Crippen LogP) is 2.83. The fourth-order valence-electron chi connectivity index (χ4n) is 4.80. The molecular weight excluding hydrogens is 392 g/mol. The lowest BCUT2D eigenvalue weighted by molar-refractivity contribution is -0.132. The van der Waals surface area contributed by atoms with Gasteiger partial charge in [0.15, 0.2) is 0 Å². The summed E-state index contributed by atoms with van der Waals surface area (Å²) in [7, 11) is 0. The van der Waals surface area contributed by atoms with Gasteiger partial charge >= 0.3 is 0 Å². The maximum Gasteiger partial charge on any atom is 0.255 e. The molecule has 166 valence electrons. The summed E-state index contributed by atoms with van der Waals surface area (Å²) in [4.78, 5) is 37.3. The largest absolute Gasteiger partial charge is 0.378 e. The first-order valence-corrected chi connectivity index (χ1v) is 11.2. The van der Waals surface area contributed by atoms with Crippen LogP contribution in [0.3, 0.4) is 0 Å². The highest BCUT2D eigenvalue weighted by atomic mass is 16.5. The van der Waals surface area contributed by atoms with Crippen LogP contribution in [0.25, 0.3) is 0 Å². The van der Waals surface area contributed by atoms with E-state index < -0.39 is 0 Å². The van der Waals surface area contributed by atoms with Gasteiger partial charge in [-0.2, -0.15) is 0 Å². The number of anilines is 1. The maximum absolute atomic E-state index is 13.1. The van der Waals surface area contributed by atoms with Crippen molar-refractivity contribution in [3.05, 3.63) is 56.5 Å². The van der Waals surface area contributed by atoms with Gasteiger partial charge in [0.25, 0.3) is 5.56 Å². The summed E-state index contributed by atoms with van der Waals surface area (Å²) in [6, 6.07) is 6.67. The van der Waals surface area contributed by atoms with Crippen LogP contribution in [-0.4, -0.2) is 53.6 Å². The van der Waals surface area contributed by atoms with Crippen LogP contribution >= 0.6 is 0 Å². The van der Waals surface area contributed by atoms with Gasteiger partial charge in [-0.3, -0.25) is 14.6 Å². The lowest BCUT2D eigenvalue weighted by Crippen LogP contribution is -2.38. The Morgan fingerprint density at radius 2 is 1.84 bits per heavy atom. The minimum atomic E-state index is -0.144. The van der Waals surface area contributed by atoms with Gasteiger partial charge in [-0.15, -0.1) is 0 Å². The molecule has 2 aliphatic rings. The van der Waals surface area contributed by atoms with Crippen molar-refractivity contribution in [2.75, 3.05) is 37.7 Å². The van der Waals surface area contributed by atoms with Crippen LogP contribution in [0.5, 0.6) is 0 Å². The average molecular weight is 425 g/mol. The first-order chi connectivity index (χ1) is 14.9. The number of hydrogen-bond donors (Lipinski definition) is 1. The van der Waals surface area contributed by atoms with Crippen LogP contribution in [0.15, 0.2) is 23.0 Å². The number of carbonyl (C=O) groups is 1. The Morgan fingerprint density at radius 1 is 1.13 bits per heavy atom. The third kappa shape index (κ3) is 4.82. The Kier molecular flexibility index (Phi) is 6.41. The molecule has 2 aliphatic heterocycles. The van der Waals surface area contributed by atoms with Crippen LogP contribution in [0.1, 0.15) is 53.3 Å². The first-order valence-electron chi connectivity index (χ1n) is 11.2. The minimum Gasteiger partial charge on any atom is -0.378 e. The van der Waals surface area contributed by atoms with E-state index in [1.807, 2.05) is 16.7 Å². The highest BCUT2D eigenvalue weighted by Crippen LogP contribution is 2.33. The molecule has 1 N–H and O–H groups in total. The van der Waals surface area contributed by atoms with E-state index in [2.05, 4.69) is 42.0 Å². The Hall–Kier alpha value is -2.67. The van der Waals surface area contributed by atoms with Gasteiger partial charge < -0.3 is 14.5 Å². The molecule has 1 unspecified atom stereocenters. The molecule has 31 heavy (non-hydrogen) atoms. The standard InChI is InChI=1S/C24H32N4O3/c1-16-13-17(2)15-19(14-16)21-5-4-8-28(21)22(29)7-6-20-18(3)25-24(26-23(20)30)27-9-11-31-12-10-27/h13-15,21H,4-12H2,1-3H3,(H,25,26,30). The molecule has 1 aromatic carbocycles. The normalized spacial score (nSPS) is 19.1. The summed E-state index contributed by atoms with van der Waals surface area (Å²) in [5.74, 6) is 0.702. The van der Waals surface area contributed by atoms with E-state index in [0.29, 0.717) is 43.3 Å². The zero-order chi connectivity index (χ0) is 22.0. The highest BCUT2D eigenvalue weighted by Gasteiger charge is 2.30. The van der Waals surface area contributed by atoms with Gasteiger partial charge in [0, 0.05) is 37.3 Å². The Morgan fingerprint density at radius 3 is 2.52 bits per heavy atom. The number of rotatable bonds is 5. The van der Waals surface area contributed by atoms with Crippen molar-refractivity contribution in [2.45, 2.75) is 52.5 Å². The minimum absolute atomic E-state index is 0.109. The molecule has 1 atom stereocenters. The van der Waals surface area contributed by atoms with Crippen molar-refractivity contribution < 1.29 is 9.53 Å². The number of H-pyrrole nitrogens is 1. The lowest BCUT2D eigenvalue weighted by Gasteiger charge is -2.27. The lowest BCUT2D eigenvalue weighted by atomic mass is 9.99. The van der Waals surface area contributed by atoms with Crippen molar-refractivity contribution in [3.8, 4) is 0 Å². The van der Waals surface area contributed by atoms with Gasteiger partial charge in [-0.05, 0) is 45.6 Å². The molecule has 2 fully saturated rings. The fourth-order valence-corrected chi connectivity index (χ4v) is 4.80. The molecule has 0 aliphatic carbocycles. The third-order valence-electron chi connectivity index (χ3n) is 6.31. The number of amides is 1. The van der Waals surface area contributed by atoms with E-state index >= 15 is 0 Å². The summed E-state index contributed by atoms with van der Waals surface area (Å²) in [6.07, 6.45) is 2.74. The second kappa shape index (κ2) is 9.22. The maximum atomic E-state index is 13.1. The van der Waals surface area contributed by atoms with Crippen LogP contribution in [0.4, 0.5) is 5.95 Å². The molecule has 4 rings (SSSR count). The van der Waals surface area contributed by atoms with Crippen LogP contribution < -0.4 is 10.5 Å². The molecule has 0 saturated carbocycles. The zero-order valence-corrected chi connectivity index (χ0v) is 18.7. The van der Waals surface area contributed by atoms with E-state index in [1.54, 1.807) is 0 Å². The molecular formula is C24H32N4O3. The quantitative estimate of drug-likeness (QED) is 0.799. The van der Waals surface area contributed by atoms with Crippen LogP contribution in [-0.2, 0) is 16.0 Å². The molecule has 0 spiro atoms. The number of benzene rings is 1. The molecule has 7 nitrogen and oxygen atoms in total. The average Bonchev–Trinajstić information content (AvgIpc) is 3.23. The number of likely N-dealkylation sites (tertiary alicyclic amines) is 1. The second-order valence-corrected chi connectivity index (χ2v) is 8.72. The van der Waals surface area contributed by atoms with Crippen molar-refractivity contribution in [3.63, 3.8) is 0 Å². The molecule has 7 heteroatoms. The van der Waals surface area contributed by atoms with Crippen molar-refractivity contribution in [1.29, 1.82) is 0 Å². The van der Waals surface area contributed by atoms with Crippen LogP contribution in [0.2, 0.25) is 0 Å². The number of aromatic amines is 1. The predicted molar refractivity (Wildman–Crippen MR) is 121 cm³/mol. The summed E-state index contributed by atoms with van der Waals surface area (Å²) in [5, 5.41) is 0. The van der Waals surface area contributed by atoms with Gasteiger partial charge in [-0.1, -0.05) is 29.3 Å². The Balaban J connectivity index is 1.45. The fraction of sp³-hybridized carbons (Fsp3) is 0.542. The van der Waals surface area contributed by atoms with Gasteiger partial charge in [0.1, 0.15) is 0 Å². The van der Waals surface area contributed by atoms with Crippen LogP contribution in [0, 0.1) is 20.8 Å². The molecule has 3 heterocycles. The first kappa shape index (κ1) is 21.6. The molecule has 0 radical (unpaired) electrons. The number of aryl methyl sites for hydroxylation is 3. The van der Waals surface area contributed by atoms with E-state index in [-0.39, 0.29) is 17.5 Å². The van der Waals surface area contributed by atoms with E-state index in [1.165, 1.54) is 16.7 Å². The number of nitrogens with one attached hydrogen (secondary N) is 1. The van der Waals surface area contributed by atoms with Crippen molar-refractivity contribution in [2.24, 2.45) is 0 Å². The molecule has 1 amide bonds. The summed E-state index contributed by atoms with van der Waals surface area (Å²) in [6.45, 7) is 9.53. The molecule has 2 aromatic rings. The van der Waals surface area contributed by atoms with E-state index in [4.69, 9.17) is 4.74 Å². The molecule has 1 aromatic heterocycles. The number of carbonyl (C=O) groups excluding carboxylic acids is 1. The number of hydrogen-bond acceptors (Lipinski definition) is 5. The topological polar surface area (TPSA) is 78.5 Å². The van der Waals surface area contributed by atoms with Crippen molar-refractivity contribution >= 4 is 11.9 Å². The number of aromatic nitrogens is 2. The van der Waals surface area contributed by atoms with Gasteiger partial charge in [0.05, 0.1) is 19.3 Å². The van der Waals surface area contributed by atoms with E-state index in [9.17, 15) is 9.59 Å². The third-order valence-corrected chi connectivity index (χ3v) is 6.31. The van der Waals surface area contributed by atoms with Crippen molar-refractivity contribution in [1.82, 2.24) is 14.9 Å². The van der Waals surface area contributed by atoms with Gasteiger partial charge in [0.2, 0.25) is 11.9 Å². The highest BCUT2D eigenvalue weighted by molar-refractivity contribution is 5.77. The Labute approximate surface area is 183 Å². The smallest absolute Gasteiger partial charge is 0.255 e. The molecule has 0 bridgehead atoms.